The van der Waals surface area contributed by atoms with Gasteiger partial charge in [-0.15, -0.1) is 0 Å². The second kappa shape index (κ2) is 5.42. The molecule has 2 rings (SSSR count). The standard InChI is InChI=1S/C15H22N2O/c1-3-11(2)10-17-14-8-7-13(16)9-12(14)5-4-6-15(17)18/h7-9,11H,3-6,10,16H2,1-2H3. The quantitative estimate of drug-likeness (QED) is 0.833. The molecule has 1 aromatic rings. The number of aryl methyl sites for hydroxylation is 1. The summed E-state index contributed by atoms with van der Waals surface area (Å²) in [5.41, 5.74) is 8.90. The van der Waals surface area contributed by atoms with E-state index in [0.29, 0.717) is 12.3 Å². The number of carbonyl (C=O) groups is 1. The van der Waals surface area contributed by atoms with Gasteiger partial charge in [-0.25, -0.2) is 0 Å². The molecule has 0 saturated carbocycles. The number of carbonyl (C=O) groups excluding carboxylic acids is 1. The second-order valence-electron chi connectivity index (χ2n) is 5.26. The largest absolute Gasteiger partial charge is 0.399 e. The smallest absolute Gasteiger partial charge is 0.227 e. The van der Waals surface area contributed by atoms with Crippen molar-refractivity contribution >= 4 is 17.3 Å². The summed E-state index contributed by atoms with van der Waals surface area (Å²) in [6, 6.07) is 5.90. The average Bonchev–Trinajstić information content (AvgIpc) is 2.49. The highest BCUT2D eigenvalue weighted by Gasteiger charge is 2.23. The van der Waals surface area contributed by atoms with Gasteiger partial charge in [-0.05, 0) is 42.5 Å². The van der Waals surface area contributed by atoms with E-state index < -0.39 is 0 Å². The monoisotopic (exact) mass is 246 g/mol. The van der Waals surface area contributed by atoms with Crippen LogP contribution in [-0.4, -0.2) is 12.5 Å². The van der Waals surface area contributed by atoms with E-state index in [4.69, 9.17) is 5.73 Å². The van der Waals surface area contributed by atoms with Crippen LogP contribution in [0.3, 0.4) is 0 Å². The molecule has 0 aliphatic carbocycles. The van der Waals surface area contributed by atoms with E-state index in [9.17, 15) is 4.79 Å². The van der Waals surface area contributed by atoms with Crippen molar-refractivity contribution in [2.75, 3.05) is 17.2 Å². The number of nitrogens with zero attached hydrogens (tertiary/aromatic N) is 1. The summed E-state index contributed by atoms with van der Waals surface area (Å²) < 4.78 is 0. The van der Waals surface area contributed by atoms with Crippen LogP contribution in [-0.2, 0) is 11.2 Å². The van der Waals surface area contributed by atoms with Crippen molar-refractivity contribution in [3.63, 3.8) is 0 Å². The Balaban J connectivity index is 2.34. The minimum atomic E-state index is 0.249. The lowest BCUT2D eigenvalue weighted by Gasteiger charge is -2.26. The molecule has 1 atom stereocenters. The number of hydrogen-bond donors (Lipinski definition) is 1. The van der Waals surface area contributed by atoms with Crippen molar-refractivity contribution in [1.82, 2.24) is 0 Å². The number of amides is 1. The van der Waals surface area contributed by atoms with Crippen LogP contribution in [0.15, 0.2) is 18.2 Å². The third kappa shape index (κ3) is 2.66. The molecule has 3 nitrogen and oxygen atoms in total. The zero-order valence-corrected chi connectivity index (χ0v) is 11.3. The third-order valence-corrected chi connectivity index (χ3v) is 3.72. The maximum atomic E-state index is 12.2. The van der Waals surface area contributed by atoms with Crippen molar-refractivity contribution in [3.05, 3.63) is 23.8 Å². The Morgan fingerprint density at radius 1 is 1.39 bits per heavy atom. The first-order chi connectivity index (χ1) is 8.61. The molecule has 0 saturated heterocycles. The molecule has 3 heteroatoms. The summed E-state index contributed by atoms with van der Waals surface area (Å²) in [7, 11) is 0. The number of hydrogen-bond acceptors (Lipinski definition) is 2. The minimum absolute atomic E-state index is 0.249. The summed E-state index contributed by atoms with van der Waals surface area (Å²) in [6.45, 7) is 5.16. The van der Waals surface area contributed by atoms with Crippen LogP contribution in [0.25, 0.3) is 0 Å². The highest BCUT2D eigenvalue weighted by atomic mass is 16.2. The van der Waals surface area contributed by atoms with E-state index in [1.54, 1.807) is 0 Å². The molecule has 0 fully saturated rings. The van der Waals surface area contributed by atoms with Crippen LogP contribution in [0.1, 0.15) is 38.7 Å². The fraction of sp³-hybridized carbons (Fsp3) is 0.533. The van der Waals surface area contributed by atoms with Crippen LogP contribution in [0.2, 0.25) is 0 Å². The van der Waals surface area contributed by atoms with Crippen molar-refractivity contribution in [1.29, 1.82) is 0 Å². The van der Waals surface area contributed by atoms with Crippen molar-refractivity contribution in [2.45, 2.75) is 39.5 Å². The molecule has 0 radical (unpaired) electrons. The van der Waals surface area contributed by atoms with Gasteiger partial charge in [-0.1, -0.05) is 20.3 Å². The molecule has 1 aromatic carbocycles. The normalized spacial score (nSPS) is 17.2. The molecule has 2 N–H and O–H groups in total. The molecular weight excluding hydrogens is 224 g/mol. The van der Waals surface area contributed by atoms with Crippen LogP contribution in [0.4, 0.5) is 11.4 Å². The van der Waals surface area contributed by atoms with Gasteiger partial charge in [0.05, 0.1) is 0 Å². The topological polar surface area (TPSA) is 46.3 Å². The van der Waals surface area contributed by atoms with E-state index in [1.165, 1.54) is 5.56 Å². The molecule has 18 heavy (non-hydrogen) atoms. The maximum absolute atomic E-state index is 12.2. The van der Waals surface area contributed by atoms with Crippen LogP contribution in [0, 0.1) is 5.92 Å². The van der Waals surface area contributed by atoms with E-state index >= 15 is 0 Å². The molecule has 1 aliphatic heterocycles. The Kier molecular flexibility index (Phi) is 3.90. The number of fused-ring (bicyclic) bond motifs is 1. The van der Waals surface area contributed by atoms with E-state index in [1.807, 2.05) is 23.1 Å². The van der Waals surface area contributed by atoms with Crippen LogP contribution in [0.5, 0.6) is 0 Å². The van der Waals surface area contributed by atoms with Gasteiger partial charge in [-0.3, -0.25) is 4.79 Å². The molecular formula is C15H22N2O. The van der Waals surface area contributed by atoms with Gasteiger partial charge in [-0.2, -0.15) is 0 Å². The van der Waals surface area contributed by atoms with Gasteiger partial charge in [0.25, 0.3) is 0 Å². The fourth-order valence-corrected chi connectivity index (χ4v) is 2.41. The van der Waals surface area contributed by atoms with Crippen molar-refractivity contribution in [2.24, 2.45) is 5.92 Å². The SMILES string of the molecule is CCC(C)CN1C(=O)CCCc2cc(N)ccc21. The van der Waals surface area contributed by atoms with E-state index in [2.05, 4.69) is 13.8 Å². The van der Waals surface area contributed by atoms with Gasteiger partial charge in [0.2, 0.25) is 5.91 Å². The zero-order chi connectivity index (χ0) is 13.1. The number of nitrogen functional groups attached to an aromatic ring is 1. The summed E-state index contributed by atoms with van der Waals surface area (Å²) in [4.78, 5) is 14.2. The van der Waals surface area contributed by atoms with E-state index in [-0.39, 0.29) is 5.91 Å². The first-order valence-corrected chi connectivity index (χ1v) is 6.80. The van der Waals surface area contributed by atoms with E-state index in [0.717, 1.165) is 37.2 Å². The molecule has 0 aromatic heterocycles. The Hall–Kier alpha value is -1.51. The Bertz CT molecular complexity index is 442. The zero-order valence-electron chi connectivity index (χ0n) is 11.3. The van der Waals surface area contributed by atoms with Crippen LogP contribution >= 0.6 is 0 Å². The average molecular weight is 246 g/mol. The Labute approximate surface area is 109 Å². The predicted octanol–water partition coefficient (Wildman–Crippen LogP) is 2.98. The van der Waals surface area contributed by atoms with Gasteiger partial charge >= 0.3 is 0 Å². The Morgan fingerprint density at radius 2 is 2.17 bits per heavy atom. The molecule has 1 amide bonds. The summed E-state index contributed by atoms with van der Waals surface area (Å²) >= 11 is 0. The molecule has 1 aliphatic rings. The minimum Gasteiger partial charge on any atom is -0.399 e. The first kappa shape index (κ1) is 12.9. The first-order valence-electron chi connectivity index (χ1n) is 6.80. The van der Waals surface area contributed by atoms with Gasteiger partial charge in [0, 0.05) is 24.3 Å². The second-order valence-corrected chi connectivity index (χ2v) is 5.26. The third-order valence-electron chi connectivity index (χ3n) is 3.72. The lowest BCUT2D eigenvalue weighted by Crippen LogP contribution is -2.34. The molecule has 0 spiro atoms. The van der Waals surface area contributed by atoms with Crippen LogP contribution < -0.4 is 10.6 Å². The number of benzene rings is 1. The summed E-state index contributed by atoms with van der Waals surface area (Å²) in [5, 5.41) is 0. The lowest BCUT2D eigenvalue weighted by atomic mass is 10.1. The summed E-state index contributed by atoms with van der Waals surface area (Å²) in [5.74, 6) is 0.774. The molecule has 98 valence electrons. The predicted molar refractivity (Wildman–Crippen MR) is 75.6 cm³/mol. The molecule has 1 unspecified atom stereocenters. The molecule has 0 bridgehead atoms. The van der Waals surface area contributed by atoms with Gasteiger partial charge in [0.15, 0.2) is 0 Å². The van der Waals surface area contributed by atoms with Gasteiger partial charge in [0.1, 0.15) is 0 Å². The summed E-state index contributed by atoms with van der Waals surface area (Å²) in [6.07, 6.45) is 3.61. The number of rotatable bonds is 3. The van der Waals surface area contributed by atoms with Crippen molar-refractivity contribution in [3.8, 4) is 0 Å². The van der Waals surface area contributed by atoms with Gasteiger partial charge < -0.3 is 10.6 Å². The fourth-order valence-electron chi connectivity index (χ4n) is 2.41. The number of anilines is 2. The molecule has 1 heterocycles. The van der Waals surface area contributed by atoms with Crippen molar-refractivity contribution < 1.29 is 4.79 Å². The highest BCUT2D eigenvalue weighted by molar-refractivity contribution is 5.95. The lowest BCUT2D eigenvalue weighted by molar-refractivity contribution is -0.118. The maximum Gasteiger partial charge on any atom is 0.227 e. The highest BCUT2D eigenvalue weighted by Crippen LogP contribution is 2.29. The Morgan fingerprint density at radius 3 is 2.89 bits per heavy atom. The number of nitrogens with two attached hydrogens (primary N) is 1.